The highest BCUT2D eigenvalue weighted by Gasteiger charge is 2.16. The molecule has 0 spiro atoms. The van der Waals surface area contributed by atoms with Gasteiger partial charge in [0.05, 0.1) is 15.0 Å². The Morgan fingerprint density at radius 1 is 0.947 bits per heavy atom. The lowest BCUT2D eigenvalue weighted by molar-refractivity contribution is -0.384. The Hall–Kier alpha value is -1.000. The molecule has 3 nitrogen and oxygen atoms in total. The molecule has 2 rings (SSSR count). The summed E-state index contributed by atoms with van der Waals surface area (Å²) < 4.78 is 0. The van der Waals surface area contributed by atoms with Crippen molar-refractivity contribution in [3.8, 4) is 11.1 Å². The van der Waals surface area contributed by atoms with Crippen molar-refractivity contribution in [2.75, 3.05) is 0 Å². The SMILES string of the molecule is O=[N+]([O-])c1cc(-c2cc(Cl)cc(Cl)c2Cl)ccc1Cl. The van der Waals surface area contributed by atoms with Crippen LogP contribution >= 0.6 is 46.4 Å². The fraction of sp³-hybridized carbons (Fsp3) is 0. The highest BCUT2D eigenvalue weighted by Crippen LogP contribution is 2.38. The topological polar surface area (TPSA) is 43.1 Å². The van der Waals surface area contributed by atoms with Crippen LogP contribution in [-0.4, -0.2) is 4.92 Å². The van der Waals surface area contributed by atoms with Gasteiger partial charge in [0, 0.05) is 16.7 Å². The number of hydrogen-bond acceptors (Lipinski definition) is 2. The summed E-state index contributed by atoms with van der Waals surface area (Å²) in [6.45, 7) is 0. The van der Waals surface area contributed by atoms with Gasteiger partial charge in [-0.05, 0) is 23.8 Å². The fourth-order valence-corrected chi connectivity index (χ4v) is 2.48. The van der Waals surface area contributed by atoms with Gasteiger partial charge in [0.2, 0.25) is 0 Å². The highest BCUT2D eigenvalue weighted by molar-refractivity contribution is 6.45. The minimum atomic E-state index is -0.564. The van der Waals surface area contributed by atoms with Crippen molar-refractivity contribution in [1.29, 1.82) is 0 Å². The third kappa shape index (κ3) is 2.95. The zero-order valence-electron chi connectivity index (χ0n) is 9.16. The molecule has 0 N–H and O–H groups in total. The average Bonchev–Trinajstić information content (AvgIpc) is 2.34. The molecule has 2 aromatic carbocycles. The Morgan fingerprint density at radius 2 is 1.63 bits per heavy atom. The Morgan fingerprint density at radius 3 is 2.26 bits per heavy atom. The lowest BCUT2D eigenvalue weighted by Gasteiger charge is -2.07. The van der Waals surface area contributed by atoms with Crippen molar-refractivity contribution in [2.45, 2.75) is 0 Å². The van der Waals surface area contributed by atoms with Crippen LogP contribution in [0, 0.1) is 10.1 Å². The first-order valence-electron chi connectivity index (χ1n) is 4.99. The predicted octanol–water partition coefficient (Wildman–Crippen LogP) is 5.88. The van der Waals surface area contributed by atoms with Gasteiger partial charge < -0.3 is 0 Å². The summed E-state index contributed by atoms with van der Waals surface area (Å²) in [6.07, 6.45) is 0. The van der Waals surface area contributed by atoms with Gasteiger partial charge in [-0.15, -0.1) is 0 Å². The number of hydrogen-bond donors (Lipinski definition) is 0. The van der Waals surface area contributed by atoms with Crippen LogP contribution in [0.2, 0.25) is 20.1 Å². The van der Waals surface area contributed by atoms with Gasteiger partial charge >= 0.3 is 0 Å². The van der Waals surface area contributed by atoms with Crippen molar-refractivity contribution >= 4 is 52.1 Å². The van der Waals surface area contributed by atoms with Gasteiger partial charge in [-0.25, -0.2) is 0 Å². The second kappa shape index (κ2) is 5.55. The number of nitrogens with zero attached hydrogens (tertiary/aromatic N) is 1. The maximum Gasteiger partial charge on any atom is 0.288 e. The molecule has 98 valence electrons. The number of rotatable bonds is 2. The summed E-state index contributed by atoms with van der Waals surface area (Å²) in [5, 5.41) is 11.9. The number of nitro groups is 1. The summed E-state index contributed by atoms with van der Waals surface area (Å²) in [6, 6.07) is 7.46. The van der Waals surface area contributed by atoms with E-state index in [1.165, 1.54) is 18.2 Å². The van der Waals surface area contributed by atoms with E-state index in [1.54, 1.807) is 12.1 Å². The molecule has 7 heteroatoms. The van der Waals surface area contributed by atoms with Crippen LogP contribution in [0.1, 0.15) is 0 Å². The first-order chi connectivity index (χ1) is 8.90. The molecule has 0 aliphatic carbocycles. The Bertz CT molecular complexity index is 673. The van der Waals surface area contributed by atoms with Crippen LogP contribution < -0.4 is 0 Å². The predicted molar refractivity (Wildman–Crippen MR) is 78.6 cm³/mol. The number of halogens is 4. The van der Waals surface area contributed by atoms with Gasteiger partial charge in [-0.2, -0.15) is 0 Å². The molecule has 0 amide bonds. The van der Waals surface area contributed by atoms with E-state index in [2.05, 4.69) is 0 Å². The Kier molecular flexibility index (Phi) is 4.21. The first kappa shape index (κ1) is 14.4. The molecular weight excluding hydrogens is 332 g/mol. The zero-order valence-corrected chi connectivity index (χ0v) is 12.2. The molecule has 0 atom stereocenters. The molecule has 2 aromatic rings. The smallest absolute Gasteiger partial charge is 0.258 e. The molecular formula is C12H5Cl4NO2. The standard InChI is InChI=1S/C12H5Cl4NO2/c13-7-4-8(12(16)10(15)5-7)6-1-2-9(14)11(3-6)17(18)19/h1-5H. The van der Waals surface area contributed by atoms with Gasteiger partial charge in [0.1, 0.15) is 5.02 Å². The average molecular weight is 337 g/mol. The molecule has 0 aliphatic heterocycles. The van der Waals surface area contributed by atoms with E-state index in [0.717, 1.165) is 0 Å². The number of benzene rings is 2. The molecule has 0 aliphatic rings. The molecule has 0 bridgehead atoms. The van der Waals surface area contributed by atoms with Crippen molar-refractivity contribution < 1.29 is 4.92 Å². The second-order valence-electron chi connectivity index (χ2n) is 3.67. The third-order valence-corrected chi connectivity index (χ3v) is 3.79. The summed E-state index contributed by atoms with van der Waals surface area (Å²) in [5.41, 5.74) is 0.829. The van der Waals surface area contributed by atoms with E-state index in [9.17, 15) is 10.1 Å². The molecule has 0 radical (unpaired) electrons. The molecule has 0 fully saturated rings. The fourth-order valence-electron chi connectivity index (χ4n) is 1.59. The van der Waals surface area contributed by atoms with E-state index in [4.69, 9.17) is 46.4 Å². The van der Waals surface area contributed by atoms with Crippen LogP contribution in [0.5, 0.6) is 0 Å². The van der Waals surface area contributed by atoms with E-state index in [0.29, 0.717) is 16.1 Å². The minimum absolute atomic E-state index is 0.0537. The van der Waals surface area contributed by atoms with Gasteiger partial charge in [-0.3, -0.25) is 10.1 Å². The maximum absolute atomic E-state index is 10.9. The van der Waals surface area contributed by atoms with Crippen LogP contribution in [-0.2, 0) is 0 Å². The quantitative estimate of drug-likeness (QED) is 0.390. The number of nitro benzene ring substituents is 1. The summed E-state index contributed by atoms with van der Waals surface area (Å²) in [5.74, 6) is 0. The van der Waals surface area contributed by atoms with Crippen LogP contribution in [0.15, 0.2) is 30.3 Å². The van der Waals surface area contributed by atoms with Crippen LogP contribution in [0.3, 0.4) is 0 Å². The Labute approximate surface area is 128 Å². The molecule has 0 aromatic heterocycles. The van der Waals surface area contributed by atoms with E-state index < -0.39 is 4.92 Å². The van der Waals surface area contributed by atoms with Crippen LogP contribution in [0.4, 0.5) is 5.69 Å². The highest BCUT2D eigenvalue weighted by atomic mass is 35.5. The van der Waals surface area contributed by atoms with Gasteiger partial charge in [-0.1, -0.05) is 52.5 Å². The van der Waals surface area contributed by atoms with E-state index >= 15 is 0 Å². The molecule has 0 unspecified atom stereocenters. The third-order valence-electron chi connectivity index (χ3n) is 2.45. The second-order valence-corrected chi connectivity index (χ2v) is 5.30. The van der Waals surface area contributed by atoms with E-state index in [-0.39, 0.29) is 20.8 Å². The molecule has 0 saturated heterocycles. The largest absolute Gasteiger partial charge is 0.288 e. The van der Waals surface area contributed by atoms with Gasteiger partial charge in [0.15, 0.2) is 0 Å². The van der Waals surface area contributed by atoms with Crippen molar-refractivity contribution in [3.05, 3.63) is 60.5 Å². The lowest BCUT2D eigenvalue weighted by atomic mass is 10.1. The van der Waals surface area contributed by atoms with Crippen molar-refractivity contribution in [2.24, 2.45) is 0 Å². The lowest BCUT2D eigenvalue weighted by Crippen LogP contribution is -1.90. The molecule has 0 heterocycles. The summed E-state index contributed by atoms with van der Waals surface area (Å²) >= 11 is 23.7. The maximum atomic E-state index is 10.9. The van der Waals surface area contributed by atoms with E-state index in [1.807, 2.05) is 0 Å². The summed E-state index contributed by atoms with van der Waals surface area (Å²) in [4.78, 5) is 10.3. The van der Waals surface area contributed by atoms with Crippen molar-refractivity contribution in [1.82, 2.24) is 0 Å². The zero-order chi connectivity index (χ0) is 14.2. The minimum Gasteiger partial charge on any atom is -0.258 e. The van der Waals surface area contributed by atoms with Crippen molar-refractivity contribution in [3.63, 3.8) is 0 Å². The molecule has 0 saturated carbocycles. The Balaban J connectivity index is 2.66. The normalized spacial score (nSPS) is 10.5. The van der Waals surface area contributed by atoms with Crippen LogP contribution in [0.25, 0.3) is 11.1 Å². The first-order valence-corrected chi connectivity index (χ1v) is 6.50. The monoisotopic (exact) mass is 335 g/mol. The van der Waals surface area contributed by atoms with Gasteiger partial charge in [0.25, 0.3) is 5.69 Å². The molecule has 19 heavy (non-hydrogen) atoms. The summed E-state index contributed by atoms with van der Waals surface area (Å²) in [7, 11) is 0.